The molecule has 0 bridgehead atoms. The minimum absolute atomic E-state index is 0.0187. The number of nitrogens with one attached hydrogen (secondary N) is 1. The van der Waals surface area contributed by atoms with Crippen molar-refractivity contribution in [1.82, 2.24) is 9.62 Å². The number of benzene rings is 1. The van der Waals surface area contributed by atoms with E-state index < -0.39 is 40.0 Å². The number of esters is 2. The van der Waals surface area contributed by atoms with E-state index in [1.807, 2.05) is 0 Å². The minimum Gasteiger partial charge on any atom is -0.463 e. The van der Waals surface area contributed by atoms with Crippen molar-refractivity contribution in [3.63, 3.8) is 0 Å². The van der Waals surface area contributed by atoms with Gasteiger partial charge in [-0.25, -0.2) is 22.3 Å². The fourth-order valence-electron chi connectivity index (χ4n) is 2.21. The molecule has 0 aromatic heterocycles. The molecule has 2 rings (SSSR count). The Morgan fingerprint density at radius 1 is 1.37 bits per heavy atom. The van der Waals surface area contributed by atoms with Gasteiger partial charge in [-0.3, -0.25) is 4.79 Å². The summed E-state index contributed by atoms with van der Waals surface area (Å²) in [5, 5.41) is 2.39. The van der Waals surface area contributed by atoms with Crippen LogP contribution in [0.4, 0.5) is 0 Å². The standard InChI is InChI=1S/C16H19ClN2O7S/c1-9(15(21)26-13-6-7-25-16(13)22)18-14(20)11-8-10(4-5-12(11)17)27(23,24)19(2)3/h4-5,8-9,13H,6-7H2,1-3H3,(H,18,20)/t9-,13-/m1/s1. The van der Waals surface area contributed by atoms with E-state index in [0.29, 0.717) is 0 Å². The lowest BCUT2D eigenvalue weighted by atomic mass is 10.2. The zero-order chi connectivity index (χ0) is 20.4. The number of hydrogen-bond donors (Lipinski definition) is 1. The zero-order valence-electron chi connectivity index (χ0n) is 14.9. The summed E-state index contributed by atoms with van der Waals surface area (Å²) in [6.45, 7) is 1.54. The van der Waals surface area contributed by atoms with E-state index >= 15 is 0 Å². The smallest absolute Gasteiger partial charge is 0.347 e. The quantitative estimate of drug-likeness (QED) is 0.670. The third-order valence-electron chi connectivity index (χ3n) is 3.81. The summed E-state index contributed by atoms with van der Waals surface area (Å²) in [4.78, 5) is 35.7. The molecule has 1 aromatic carbocycles. The van der Waals surface area contributed by atoms with Gasteiger partial charge in [0.15, 0.2) is 0 Å². The summed E-state index contributed by atoms with van der Waals surface area (Å²) in [7, 11) is -1.05. The number of nitrogens with zero attached hydrogens (tertiary/aromatic N) is 1. The molecule has 1 saturated heterocycles. The van der Waals surface area contributed by atoms with Gasteiger partial charge in [0.25, 0.3) is 5.91 Å². The summed E-state index contributed by atoms with van der Waals surface area (Å²) in [5.74, 6) is -2.21. The van der Waals surface area contributed by atoms with E-state index in [1.54, 1.807) is 0 Å². The van der Waals surface area contributed by atoms with Crippen molar-refractivity contribution in [2.45, 2.75) is 30.4 Å². The number of carbonyl (C=O) groups is 3. The first-order chi connectivity index (χ1) is 12.5. The van der Waals surface area contributed by atoms with Crippen LogP contribution in [0.5, 0.6) is 0 Å². The number of hydrogen-bond acceptors (Lipinski definition) is 7. The number of amides is 1. The van der Waals surface area contributed by atoms with E-state index in [0.717, 1.165) is 10.4 Å². The van der Waals surface area contributed by atoms with Crippen LogP contribution < -0.4 is 5.32 Å². The highest BCUT2D eigenvalue weighted by molar-refractivity contribution is 7.89. The first-order valence-electron chi connectivity index (χ1n) is 7.94. The molecule has 0 unspecified atom stereocenters. The summed E-state index contributed by atoms with van der Waals surface area (Å²) >= 11 is 5.99. The normalized spacial score (nSPS) is 18.1. The monoisotopic (exact) mass is 418 g/mol. The van der Waals surface area contributed by atoms with Crippen molar-refractivity contribution in [2.24, 2.45) is 0 Å². The van der Waals surface area contributed by atoms with Crippen molar-refractivity contribution < 1.29 is 32.3 Å². The highest BCUT2D eigenvalue weighted by Gasteiger charge is 2.32. The maximum Gasteiger partial charge on any atom is 0.347 e. The van der Waals surface area contributed by atoms with Crippen LogP contribution in [-0.2, 0) is 29.1 Å². The second-order valence-electron chi connectivity index (χ2n) is 6.01. The highest BCUT2D eigenvalue weighted by Crippen LogP contribution is 2.22. The Morgan fingerprint density at radius 2 is 2.04 bits per heavy atom. The Hall–Kier alpha value is -2.17. The molecule has 0 radical (unpaired) electrons. The Balaban J connectivity index is 2.13. The predicted molar refractivity (Wildman–Crippen MR) is 94.7 cm³/mol. The summed E-state index contributed by atoms with van der Waals surface area (Å²) in [6, 6.07) is 2.60. The van der Waals surface area contributed by atoms with Crippen molar-refractivity contribution in [2.75, 3.05) is 20.7 Å². The van der Waals surface area contributed by atoms with Crippen LogP contribution in [-0.4, -0.2) is 63.4 Å². The Bertz CT molecular complexity index is 870. The van der Waals surface area contributed by atoms with Gasteiger partial charge in [0.2, 0.25) is 16.1 Å². The Morgan fingerprint density at radius 3 is 2.59 bits per heavy atom. The maximum absolute atomic E-state index is 12.4. The Labute approximate surface area is 161 Å². The molecule has 1 aliphatic rings. The summed E-state index contributed by atoms with van der Waals surface area (Å²) in [6.07, 6.45) is -0.740. The lowest BCUT2D eigenvalue weighted by Crippen LogP contribution is -2.41. The average Bonchev–Trinajstić information content (AvgIpc) is 2.99. The summed E-state index contributed by atoms with van der Waals surface area (Å²) in [5.41, 5.74) is -0.112. The molecule has 27 heavy (non-hydrogen) atoms. The van der Waals surface area contributed by atoms with Gasteiger partial charge in [0, 0.05) is 20.5 Å². The Kier molecular flexibility index (Phi) is 6.45. The van der Waals surface area contributed by atoms with E-state index in [9.17, 15) is 22.8 Å². The molecular formula is C16H19ClN2O7S. The van der Waals surface area contributed by atoms with Crippen molar-refractivity contribution in [3.05, 3.63) is 28.8 Å². The molecule has 148 valence electrons. The van der Waals surface area contributed by atoms with Gasteiger partial charge in [-0.1, -0.05) is 11.6 Å². The number of carbonyl (C=O) groups excluding carboxylic acids is 3. The van der Waals surface area contributed by atoms with Gasteiger partial charge in [-0.05, 0) is 25.1 Å². The molecular weight excluding hydrogens is 400 g/mol. The van der Waals surface area contributed by atoms with Crippen LogP contribution in [0.3, 0.4) is 0 Å². The molecule has 0 aliphatic carbocycles. The molecule has 1 amide bonds. The van der Waals surface area contributed by atoms with Crippen LogP contribution in [0.15, 0.2) is 23.1 Å². The molecule has 1 fully saturated rings. The molecule has 11 heteroatoms. The highest BCUT2D eigenvalue weighted by atomic mass is 35.5. The van der Waals surface area contributed by atoms with Gasteiger partial charge in [-0.15, -0.1) is 0 Å². The third-order valence-corrected chi connectivity index (χ3v) is 5.95. The first kappa shape index (κ1) is 21.1. The first-order valence-corrected chi connectivity index (χ1v) is 9.76. The summed E-state index contributed by atoms with van der Waals surface area (Å²) < 4.78 is 35.1. The van der Waals surface area contributed by atoms with Crippen molar-refractivity contribution in [1.29, 1.82) is 0 Å². The largest absolute Gasteiger partial charge is 0.463 e. The third kappa shape index (κ3) is 4.76. The number of ether oxygens (including phenoxy) is 2. The molecule has 2 atom stereocenters. The van der Waals surface area contributed by atoms with Crippen molar-refractivity contribution >= 4 is 39.5 Å². The van der Waals surface area contributed by atoms with Crippen LogP contribution in [0.25, 0.3) is 0 Å². The molecule has 1 aliphatic heterocycles. The van der Waals surface area contributed by atoms with E-state index in [2.05, 4.69) is 5.32 Å². The molecule has 0 saturated carbocycles. The molecule has 1 aromatic rings. The average molecular weight is 419 g/mol. The fraction of sp³-hybridized carbons (Fsp3) is 0.438. The van der Waals surface area contributed by atoms with Gasteiger partial charge in [0.05, 0.1) is 22.1 Å². The fourth-order valence-corrected chi connectivity index (χ4v) is 3.34. The van der Waals surface area contributed by atoms with Gasteiger partial charge >= 0.3 is 11.9 Å². The molecule has 1 heterocycles. The molecule has 1 N–H and O–H groups in total. The zero-order valence-corrected chi connectivity index (χ0v) is 16.5. The topological polar surface area (TPSA) is 119 Å². The van der Waals surface area contributed by atoms with Gasteiger partial charge < -0.3 is 14.8 Å². The van der Waals surface area contributed by atoms with E-state index in [-0.39, 0.29) is 28.5 Å². The number of cyclic esters (lactones) is 1. The number of rotatable bonds is 6. The molecule has 0 spiro atoms. The van der Waals surface area contributed by atoms with Crippen LogP contribution in [0, 0.1) is 0 Å². The minimum atomic E-state index is -3.76. The number of halogens is 1. The van der Waals surface area contributed by atoms with Crippen LogP contribution >= 0.6 is 11.6 Å². The van der Waals surface area contributed by atoms with E-state index in [4.69, 9.17) is 21.1 Å². The van der Waals surface area contributed by atoms with Crippen LogP contribution in [0.1, 0.15) is 23.7 Å². The second kappa shape index (κ2) is 8.24. The van der Waals surface area contributed by atoms with Gasteiger partial charge in [0.1, 0.15) is 6.04 Å². The lowest BCUT2D eigenvalue weighted by Gasteiger charge is -2.16. The molecule has 9 nitrogen and oxygen atoms in total. The lowest BCUT2D eigenvalue weighted by molar-refractivity contribution is -0.161. The van der Waals surface area contributed by atoms with Crippen molar-refractivity contribution in [3.8, 4) is 0 Å². The van der Waals surface area contributed by atoms with E-state index in [1.165, 1.54) is 33.2 Å². The van der Waals surface area contributed by atoms with Crippen LogP contribution in [0.2, 0.25) is 5.02 Å². The SMILES string of the molecule is C[C@@H](NC(=O)c1cc(S(=O)(=O)N(C)C)ccc1Cl)C(=O)O[C@@H]1CCOC1=O. The number of sulfonamides is 1. The van der Waals surface area contributed by atoms with Gasteiger partial charge in [-0.2, -0.15) is 0 Å². The maximum atomic E-state index is 12.4. The predicted octanol–water partition coefficient (Wildman–Crippen LogP) is 0.567. The second-order valence-corrected chi connectivity index (χ2v) is 8.56.